The summed E-state index contributed by atoms with van der Waals surface area (Å²) in [7, 11) is 0. The molecule has 1 aliphatic rings. The number of fused-ring (bicyclic) bond motifs is 1. The molecule has 0 atom stereocenters. The van der Waals surface area contributed by atoms with Crippen LogP contribution in [0.1, 0.15) is 49.8 Å². The second-order valence-corrected chi connectivity index (χ2v) is 6.40. The van der Waals surface area contributed by atoms with Gasteiger partial charge in [-0.15, -0.1) is 0 Å². The highest BCUT2D eigenvalue weighted by Crippen LogP contribution is 2.73. The number of carboxylic acid groups (broad SMARTS) is 1. The van der Waals surface area contributed by atoms with Crippen molar-refractivity contribution in [2.45, 2.75) is 33.6 Å². The molecule has 19 heavy (non-hydrogen) atoms. The van der Waals surface area contributed by atoms with Crippen molar-refractivity contribution in [2.24, 2.45) is 10.8 Å². The number of H-pyrrole nitrogens is 1. The largest absolute Gasteiger partial charge is 0.478 e. The molecule has 1 aliphatic carbocycles. The van der Waals surface area contributed by atoms with E-state index in [-0.39, 0.29) is 16.4 Å². The van der Waals surface area contributed by atoms with Crippen LogP contribution in [0, 0.1) is 10.8 Å². The van der Waals surface area contributed by atoms with Crippen LogP contribution < -0.4 is 0 Å². The molecule has 2 aromatic heterocycles. The van der Waals surface area contributed by atoms with Gasteiger partial charge in [-0.05, 0) is 16.9 Å². The lowest BCUT2D eigenvalue weighted by Crippen LogP contribution is -1.96. The minimum atomic E-state index is -0.974. The molecular weight excluding hydrogens is 242 g/mol. The van der Waals surface area contributed by atoms with Gasteiger partial charge < -0.3 is 10.1 Å². The molecule has 5 nitrogen and oxygen atoms in total. The number of nitrogens with one attached hydrogen (secondary N) is 1. The lowest BCUT2D eigenvalue weighted by molar-refractivity contribution is 0.0696. The zero-order chi connectivity index (χ0) is 14.0. The van der Waals surface area contributed by atoms with Crippen molar-refractivity contribution in [3.8, 4) is 0 Å². The van der Waals surface area contributed by atoms with E-state index in [4.69, 9.17) is 5.11 Å². The van der Waals surface area contributed by atoms with Crippen LogP contribution in [0.3, 0.4) is 0 Å². The third-order valence-electron chi connectivity index (χ3n) is 4.90. The molecule has 0 aromatic carbocycles. The topological polar surface area (TPSA) is 78.9 Å². The van der Waals surface area contributed by atoms with E-state index in [2.05, 4.69) is 42.6 Å². The minimum absolute atomic E-state index is 0.178. The number of aromatic carboxylic acids is 1. The first-order chi connectivity index (χ1) is 8.75. The quantitative estimate of drug-likeness (QED) is 0.869. The van der Waals surface area contributed by atoms with E-state index < -0.39 is 5.97 Å². The van der Waals surface area contributed by atoms with E-state index in [0.717, 1.165) is 5.82 Å². The molecule has 0 aliphatic heterocycles. The first-order valence-electron chi connectivity index (χ1n) is 6.34. The van der Waals surface area contributed by atoms with Crippen molar-refractivity contribution in [2.75, 3.05) is 0 Å². The number of aromatic nitrogens is 3. The van der Waals surface area contributed by atoms with Crippen molar-refractivity contribution in [1.82, 2.24) is 15.0 Å². The molecule has 2 N–H and O–H groups in total. The van der Waals surface area contributed by atoms with Gasteiger partial charge >= 0.3 is 5.97 Å². The number of hydrogen-bond acceptors (Lipinski definition) is 3. The average Bonchev–Trinajstić information content (AvgIpc) is 2.62. The Hall–Kier alpha value is -1.91. The lowest BCUT2D eigenvalue weighted by Gasteiger charge is -2.03. The number of carbonyl (C=O) groups is 1. The first kappa shape index (κ1) is 12.1. The van der Waals surface area contributed by atoms with Gasteiger partial charge in [-0.25, -0.2) is 14.8 Å². The predicted octanol–water partition coefficient (Wildman–Crippen LogP) is 2.81. The third kappa shape index (κ3) is 1.50. The SMILES string of the molecule is CC1(C)C(c2nc3ncc(C(=O)O)cc3[nH]2)C1(C)C. The van der Waals surface area contributed by atoms with Crippen LogP contribution in [-0.4, -0.2) is 26.0 Å². The molecule has 3 rings (SSSR count). The van der Waals surface area contributed by atoms with Crippen molar-refractivity contribution in [3.05, 3.63) is 23.7 Å². The van der Waals surface area contributed by atoms with Gasteiger partial charge in [0.05, 0.1) is 11.1 Å². The standard InChI is InChI=1S/C14H17N3O2/c1-13(2)9(14(13,3)4)11-16-8-5-7(12(18)19)6-15-10(8)17-11/h5-6,9H,1-4H3,(H,18,19)(H,15,16,17). The molecule has 2 heterocycles. The maximum atomic E-state index is 10.9. The highest BCUT2D eigenvalue weighted by atomic mass is 16.4. The highest BCUT2D eigenvalue weighted by molar-refractivity contribution is 5.90. The van der Waals surface area contributed by atoms with E-state index in [9.17, 15) is 4.79 Å². The molecule has 100 valence electrons. The van der Waals surface area contributed by atoms with Crippen molar-refractivity contribution < 1.29 is 9.90 Å². The number of aromatic amines is 1. The van der Waals surface area contributed by atoms with Crippen LogP contribution in [0.25, 0.3) is 11.2 Å². The summed E-state index contributed by atoms with van der Waals surface area (Å²) in [6, 6.07) is 1.59. The number of rotatable bonds is 2. The Morgan fingerprint density at radius 2 is 1.95 bits per heavy atom. The normalized spacial score (nSPS) is 20.6. The van der Waals surface area contributed by atoms with Gasteiger partial charge in [-0.1, -0.05) is 27.7 Å². The van der Waals surface area contributed by atoms with Gasteiger partial charge in [0.25, 0.3) is 0 Å². The molecule has 5 heteroatoms. The van der Waals surface area contributed by atoms with E-state index >= 15 is 0 Å². The van der Waals surface area contributed by atoms with Crippen LogP contribution in [0.4, 0.5) is 0 Å². The molecule has 0 bridgehead atoms. The van der Waals surface area contributed by atoms with E-state index in [1.807, 2.05) is 0 Å². The number of nitrogens with zero attached hydrogens (tertiary/aromatic N) is 2. The maximum absolute atomic E-state index is 10.9. The second-order valence-electron chi connectivity index (χ2n) is 6.40. The molecule has 0 unspecified atom stereocenters. The molecule has 0 radical (unpaired) electrons. The van der Waals surface area contributed by atoms with Crippen LogP contribution in [0.5, 0.6) is 0 Å². The summed E-state index contributed by atoms with van der Waals surface area (Å²) in [6.07, 6.45) is 1.35. The molecule has 1 fully saturated rings. The number of carboxylic acids is 1. The van der Waals surface area contributed by atoms with Gasteiger partial charge in [0.15, 0.2) is 5.65 Å². The monoisotopic (exact) mass is 259 g/mol. The fourth-order valence-electron chi connectivity index (χ4n) is 3.05. The smallest absolute Gasteiger partial charge is 0.337 e. The Bertz CT molecular complexity index is 671. The zero-order valence-corrected chi connectivity index (χ0v) is 11.5. The zero-order valence-electron chi connectivity index (χ0n) is 11.5. The third-order valence-corrected chi connectivity index (χ3v) is 4.90. The van der Waals surface area contributed by atoms with Gasteiger partial charge in [0, 0.05) is 12.1 Å². The summed E-state index contributed by atoms with van der Waals surface area (Å²) in [5, 5.41) is 8.96. The Kier molecular flexibility index (Phi) is 2.14. The summed E-state index contributed by atoms with van der Waals surface area (Å²) in [4.78, 5) is 22.8. The Morgan fingerprint density at radius 3 is 2.47 bits per heavy atom. The van der Waals surface area contributed by atoms with Crippen LogP contribution in [0.2, 0.25) is 0 Å². The predicted molar refractivity (Wildman–Crippen MR) is 71.2 cm³/mol. The first-order valence-corrected chi connectivity index (χ1v) is 6.34. The van der Waals surface area contributed by atoms with Gasteiger partial charge in [-0.2, -0.15) is 0 Å². The minimum Gasteiger partial charge on any atom is -0.478 e. The molecule has 0 saturated heterocycles. The fourth-order valence-corrected chi connectivity index (χ4v) is 3.05. The molecule has 0 amide bonds. The van der Waals surface area contributed by atoms with E-state index in [1.165, 1.54) is 6.20 Å². The van der Waals surface area contributed by atoms with Gasteiger partial charge in [-0.3, -0.25) is 0 Å². The average molecular weight is 259 g/mol. The van der Waals surface area contributed by atoms with Crippen LogP contribution in [-0.2, 0) is 0 Å². The molecule has 0 spiro atoms. The van der Waals surface area contributed by atoms with Crippen molar-refractivity contribution in [3.63, 3.8) is 0 Å². The fraction of sp³-hybridized carbons (Fsp3) is 0.500. The number of pyridine rings is 1. The second kappa shape index (κ2) is 3.35. The van der Waals surface area contributed by atoms with E-state index in [0.29, 0.717) is 17.1 Å². The lowest BCUT2D eigenvalue weighted by atomic mass is 10.0. The summed E-state index contributed by atoms with van der Waals surface area (Å²) in [6.45, 7) is 8.89. The Balaban J connectivity index is 2.07. The Morgan fingerprint density at radius 1 is 1.32 bits per heavy atom. The highest BCUT2D eigenvalue weighted by Gasteiger charge is 2.66. The summed E-state index contributed by atoms with van der Waals surface area (Å²) >= 11 is 0. The number of hydrogen-bond donors (Lipinski definition) is 2. The molecular formula is C14H17N3O2. The maximum Gasteiger partial charge on any atom is 0.337 e. The van der Waals surface area contributed by atoms with Gasteiger partial charge in [0.2, 0.25) is 0 Å². The van der Waals surface area contributed by atoms with Crippen LogP contribution in [0.15, 0.2) is 12.3 Å². The van der Waals surface area contributed by atoms with Crippen molar-refractivity contribution >= 4 is 17.1 Å². The summed E-state index contributed by atoms with van der Waals surface area (Å²) in [5.41, 5.74) is 1.83. The Labute approximate surface area is 111 Å². The summed E-state index contributed by atoms with van der Waals surface area (Å²) in [5.74, 6) is 0.278. The summed E-state index contributed by atoms with van der Waals surface area (Å²) < 4.78 is 0. The molecule has 1 saturated carbocycles. The van der Waals surface area contributed by atoms with Crippen LogP contribution >= 0.6 is 0 Å². The van der Waals surface area contributed by atoms with E-state index in [1.54, 1.807) is 6.07 Å². The molecule has 2 aromatic rings. The number of imidazole rings is 1. The van der Waals surface area contributed by atoms with Gasteiger partial charge in [0.1, 0.15) is 5.82 Å². The van der Waals surface area contributed by atoms with Crippen molar-refractivity contribution in [1.29, 1.82) is 0 Å².